The monoisotopic (exact) mass is 253 g/mol. The minimum Gasteiger partial charge on any atom is -0.462 e. The lowest BCUT2D eigenvalue weighted by Gasteiger charge is -2.21. The molecule has 3 nitrogen and oxygen atoms in total. The maximum Gasteiger partial charge on any atom is 0.339 e. The number of carbonyl (C=O) groups excluding carboxylic acids is 1. The lowest BCUT2D eigenvalue weighted by Crippen LogP contribution is -2.14. The van der Waals surface area contributed by atoms with Gasteiger partial charge in [0.15, 0.2) is 0 Å². The quantitative estimate of drug-likeness (QED) is 0.600. The SMILES string of the molecule is CCOC(=O)c1cc2c(nc1C)C(Cl)CCC2. The average Bonchev–Trinajstić information content (AvgIpc) is 2.30. The van der Waals surface area contributed by atoms with Crippen LogP contribution >= 0.6 is 11.6 Å². The molecule has 0 aliphatic heterocycles. The molecule has 0 amide bonds. The summed E-state index contributed by atoms with van der Waals surface area (Å²) in [6.45, 7) is 4.01. The molecule has 0 spiro atoms. The Morgan fingerprint density at radius 3 is 3.12 bits per heavy atom. The highest BCUT2D eigenvalue weighted by atomic mass is 35.5. The molecule has 17 heavy (non-hydrogen) atoms. The van der Waals surface area contributed by atoms with Crippen molar-refractivity contribution in [3.8, 4) is 0 Å². The lowest BCUT2D eigenvalue weighted by atomic mass is 9.93. The number of ether oxygens (including phenoxy) is 1. The number of hydrogen-bond donors (Lipinski definition) is 0. The van der Waals surface area contributed by atoms with E-state index in [9.17, 15) is 4.79 Å². The Bertz CT molecular complexity index is 445. The molecule has 0 N–H and O–H groups in total. The zero-order valence-corrected chi connectivity index (χ0v) is 10.9. The van der Waals surface area contributed by atoms with E-state index in [2.05, 4.69) is 4.98 Å². The number of halogens is 1. The van der Waals surface area contributed by atoms with Crippen molar-refractivity contribution in [1.29, 1.82) is 0 Å². The largest absolute Gasteiger partial charge is 0.462 e. The second-order valence-electron chi connectivity index (χ2n) is 4.25. The summed E-state index contributed by atoms with van der Waals surface area (Å²) in [7, 11) is 0. The third-order valence-corrected chi connectivity index (χ3v) is 3.45. The number of aromatic nitrogens is 1. The van der Waals surface area contributed by atoms with Gasteiger partial charge in [0.05, 0.1) is 28.9 Å². The van der Waals surface area contributed by atoms with E-state index in [0.717, 1.165) is 30.5 Å². The average molecular weight is 254 g/mol. The van der Waals surface area contributed by atoms with Crippen LogP contribution in [0.1, 0.15) is 52.5 Å². The summed E-state index contributed by atoms with van der Waals surface area (Å²) in [5, 5.41) is -0.0197. The van der Waals surface area contributed by atoms with Crippen LogP contribution in [0, 0.1) is 6.92 Å². The second kappa shape index (κ2) is 5.05. The van der Waals surface area contributed by atoms with Gasteiger partial charge in [0.25, 0.3) is 0 Å². The lowest BCUT2D eigenvalue weighted by molar-refractivity contribution is 0.0524. The van der Waals surface area contributed by atoms with Gasteiger partial charge in [-0.1, -0.05) is 0 Å². The fourth-order valence-electron chi connectivity index (χ4n) is 2.16. The number of alkyl halides is 1. The first kappa shape index (κ1) is 12.4. The second-order valence-corrected chi connectivity index (χ2v) is 4.77. The van der Waals surface area contributed by atoms with Crippen molar-refractivity contribution >= 4 is 17.6 Å². The highest BCUT2D eigenvalue weighted by molar-refractivity contribution is 6.20. The third kappa shape index (κ3) is 2.44. The van der Waals surface area contributed by atoms with Gasteiger partial charge in [0.1, 0.15) is 0 Å². The molecule has 0 saturated heterocycles. The van der Waals surface area contributed by atoms with E-state index < -0.39 is 0 Å². The number of pyridine rings is 1. The highest BCUT2D eigenvalue weighted by Gasteiger charge is 2.23. The molecule has 0 saturated carbocycles. The molecule has 1 unspecified atom stereocenters. The molecule has 0 aromatic carbocycles. The molecule has 1 aliphatic carbocycles. The number of rotatable bonds is 2. The first-order valence-electron chi connectivity index (χ1n) is 5.95. The fourth-order valence-corrected chi connectivity index (χ4v) is 2.50. The minimum absolute atomic E-state index is 0.0197. The van der Waals surface area contributed by atoms with Crippen molar-refractivity contribution in [2.75, 3.05) is 6.61 Å². The summed E-state index contributed by atoms with van der Waals surface area (Å²) in [6, 6.07) is 1.89. The normalized spacial score (nSPS) is 18.6. The fraction of sp³-hybridized carbons (Fsp3) is 0.538. The molecule has 1 heterocycles. The van der Waals surface area contributed by atoms with Crippen molar-refractivity contribution in [1.82, 2.24) is 4.98 Å². The predicted octanol–water partition coefficient (Wildman–Crippen LogP) is 3.18. The summed E-state index contributed by atoms with van der Waals surface area (Å²) in [6.07, 6.45) is 2.95. The maximum absolute atomic E-state index is 11.7. The molecule has 92 valence electrons. The van der Waals surface area contributed by atoms with Crippen LogP contribution in [0.5, 0.6) is 0 Å². The summed E-state index contributed by atoms with van der Waals surface area (Å²) in [4.78, 5) is 16.2. The van der Waals surface area contributed by atoms with Crippen LogP contribution in [-0.2, 0) is 11.2 Å². The van der Waals surface area contributed by atoms with E-state index in [-0.39, 0.29) is 11.3 Å². The smallest absolute Gasteiger partial charge is 0.339 e. The molecular formula is C13H16ClNO2. The number of nitrogens with zero attached hydrogens (tertiary/aromatic N) is 1. The van der Waals surface area contributed by atoms with Crippen LogP contribution in [0.15, 0.2) is 6.07 Å². The summed E-state index contributed by atoms with van der Waals surface area (Å²) < 4.78 is 5.01. The first-order valence-corrected chi connectivity index (χ1v) is 6.38. The Labute approximate surface area is 106 Å². The van der Waals surface area contributed by atoms with Gasteiger partial charge in [-0.15, -0.1) is 11.6 Å². The Morgan fingerprint density at radius 2 is 2.41 bits per heavy atom. The first-order chi connectivity index (χ1) is 8.13. The van der Waals surface area contributed by atoms with E-state index in [4.69, 9.17) is 16.3 Å². The molecule has 1 aromatic rings. The molecule has 1 atom stereocenters. The van der Waals surface area contributed by atoms with E-state index in [1.54, 1.807) is 6.92 Å². The Morgan fingerprint density at radius 1 is 1.65 bits per heavy atom. The van der Waals surface area contributed by atoms with E-state index in [1.165, 1.54) is 0 Å². The van der Waals surface area contributed by atoms with E-state index >= 15 is 0 Å². The summed E-state index contributed by atoms with van der Waals surface area (Å²) in [5.74, 6) is -0.294. The summed E-state index contributed by atoms with van der Waals surface area (Å²) in [5.41, 5.74) is 3.29. The molecule has 2 rings (SSSR count). The van der Waals surface area contributed by atoms with Gasteiger partial charge < -0.3 is 4.74 Å². The Kier molecular flexibility index (Phi) is 3.67. The van der Waals surface area contributed by atoms with Crippen molar-refractivity contribution in [3.05, 3.63) is 28.6 Å². The van der Waals surface area contributed by atoms with Crippen LogP contribution in [0.3, 0.4) is 0 Å². The standard InChI is InChI=1S/C13H16ClNO2/c1-3-17-13(16)10-7-9-5-4-6-11(14)12(9)15-8(10)2/h7,11H,3-6H2,1-2H3. The van der Waals surface area contributed by atoms with Gasteiger partial charge in [0, 0.05) is 0 Å². The molecule has 4 heteroatoms. The van der Waals surface area contributed by atoms with Gasteiger partial charge in [-0.25, -0.2) is 4.79 Å². The minimum atomic E-state index is -0.294. The topological polar surface area (TPSA) is 39.2 Å². The highest BCUT2D eigenvalue weighted by Crippen LogP contribution is 2.34. The van der Waals surface area contributed by atoms with Crippen LogP contribution in [0.25, 0.3) is 0 Å². The van der Waals surface area contributed by atoms with Crippen LogP contribution < -0.4 is 0 Å². The van der Waals surface area contributed by atoms with Crippen LogP contribution in [-0.4, -0.2) is 17.6 Å². The van der Waals surface area contributed by atoms with Crippen molar-refractivity contribution < 1.29 is 9.53 Å². The van der Waals surface area contributed by atoms with E-state index in [0.29, 0.717) is 17.9 Å². The van der Waals surface area contributed by atoms with Crippen LogP contribution in [0.2, 0.25) is 0 Å². The molecule has 1 aliphatic rings. The number of aryl methyl sites for hydroxylation is 2. The van der Waals surface area contributed by atoms with Gasteiger partial charge in [0.2, 0.25) is 0 Å². The van der Waals surface area contributed by atoms with Crippen molar-refractivity contribution in [2.24, 2.45) is 0 Å². The zero-order chi connectivity index (χ0) is 12.4. The van der Waals surface area contributed by atoms with E-state index in [1.807, 2.05) is 13.0 Å². The zero-order valence-electron chi connectivity index (χ0n) is 10.1. The third-order valence-electron chi connectivity index (χ3n) is 3.02. The summed E-state index contributed by atoms with van der Waals surface area (Å²) >= 11 is 6.23. The number of esters is 1. The number of carbonyl (C=O) groups is 1. The molecule has 0 bridgehead atoms. The Hall–Kier alpha value is -1.09. The van der Waals surface area contributed by atoms with Gasteiger partial charge in [-0.2, -0.15) is 0 Å². The number of hydrogen-bond acceptors (Lipinski definition) is 3. The molecule has 0 fully saturated rings. The molecular weight excluding hydrogens is 238 g/mol. The Balaban J connectivity index is 2.40. The molecule has 1 aromatic heterocycles. The maximum atomic E-state index is 11.7. The van der Waals surface area contributed by atoms with Crippen molar-refractivity contribution in [3.63, 3.8) is 0 Å². The van der Waals surface area contributed by atoms with Gasteiger partial charge in [-0.3, -0.25) is 4.98 Å². The van der Waals surface area contributed by atoms with Crippen LogP contribution in [0.4, 0.5) is 0 Å². The van der Waals surface area contributed by atoms with Crippen molar-refractivity contribution in [2.45, 2.75) is 38.5 Å². The van der Waals surface area contributed by atoms with Gasteiger partial charge in [-0.05, 0) is 44.7 Å². The predicted molar refractivity (Wildman–Crippen MR) is 66.5 cm³/mol. The van der Waals surface area contributed by atoms with Gasteiger partial charge >= 0.3 is 5.97 Å². The molecule has 0 radical (unpaired) electrons. The number of fused-ring (bicyclic) bond motifs is 1.